The molecule has 2 heterocycles. The van der Waals surface area contributed by atoms with E-state index in [1.165, 1.54) is 16.7 Å². The van der Waals surface area contributed by atoms with Crippen LogP contribution in [0.25, 0.3) is 10.9 Å². The fourth-order valence-electron chi connectivity index (χ4n) is 3.14. The molecule has 2 aromatic heterocycles. The number of fused-ring (bicyclic) bond motifs is 1. The van der Waals surface area contributed by atoms with E-state index in [0.717, 1.165) is 35.2 Å². The Kier molecular flexibility index (Phi) is 4.61. The maximum atomic E-state index is 4.86. The van der Waals surface area contributed by atoms with Crippen LogP contribution in [0, 0.1) is 6.92 Å². The van der Waals surface area contributed by atoms with Crippen LogP contribution in [0.4, 0.5) is 5.69 Å². The van der Waals surface area contributed by atoms with Gasteiger partial charge in [0.05, 0.1) is 5.52 Å². The van der Waals surface area contributed by atoms with Crippen LogP contribution in [0.15, 0.2) is 79.1 Å². The molecule has 4 aromatic rings. The van der Waals surface area contributed by atoms with Gasteiger partial charge in [-0.2, -0.15) is 0 Å². The van der Waals surface area contributed by atoms with E-state index in [1.54, 1.807) is 6.20 Å². The molecule has 0 saturated heterocycles. The Hall–Kier alpha value is -3.20. The Morgan fingerprint density at radius 3 is 2.54 bits per heavy atom. The molecule has 0 aliphatic rings. The third-order valence-corrected chi connectivity index (χ3v) is 4.45. The van der Waals surface area contributed by atoms with Crippen LogP contribution in [0.1, 0.15) is 22.4 Å². The van der Waals surface area contributed by atoms with Crippen LogP contribution in [-0.2, 0) is 13.0 Å². The summed E-state index contributed by atoms with van der Waals surface area (Å²) in [5.41, 5.74) is 6.86. The van der Waals surface area contributed by atoms with Crippen molar-refractivity contribution in [3.63, 3.8) is 0 Å². The Labute approximate surface area is 153 Å². The van der Waals surface area contributed by atoms with Crippen molar-refractivity contribution in [1.29, 1.82) is 0 Å². The molecule has 2 aromatic carbocycles. The summed E-state index contributed by atoms with van der Waals surface area (Å²) in [7, 11) is 0. The zero-order valence-corrected chi connectivity index (χ0v) is 14.8. The molecule has 0 bridgehead atoms. The number of hydrogen-bond acceptors (Lipinski definition) is 3. The summed E-state index contributed by atoms with van der Waals surface area (Å²) in [6.45, 7) is 2.91. The fraction of sp³-hybridized carbons (Fsp3) is 0.130. The maximum absolute atomic E-state index is 4.86. The lowest BCUT2D eigenvalue weighted by molar-refractivity contribution is 1.07. The standard InChI is InChI=1S/C23H21N3/c1-17-9-10-22-21(12-17)23(25-16-18-6-3-2-4-7-18)14-20(26-22)13-19-8-5-11-24-15-19/h2-12,14-15H,13,16H2,1H3,(H,25,26). The number of nitrogens with one attached hydrogen (secondary N) is 1. The summed E-state index contributed by atoms with van der Waals surface area (Å²) in [4.78, 5) is 9.07. The van der Waals surface area contributed by atoms with Gasteiger partial charge in [0.25, 0.3) is 0 Å². The second kappa shape index (κ2) is 7.36. The molecular formula is C23H21N3. The van der Waals surface area contributed by atoms with Crippen molar-refractivity contribution in [2.24, 2.45) is 0 Å². The predicted octanol–water partition coefficient (Wildman–Crippen LogP) is 5.14. The highest BCUT2D eigenvalue weighted by molar-refractivity contribution is 5.92. The Balaban J connectivity index is 1.69. The average Bonchev–Trinajstić information content (AvgIpc) is 2.68. The van der Waals surface area contributed by atoms with E-state index in [1.807, 2.05) is 18.3 Å². The van der Waals surface area contributed by atoms with Gasteiger partial charge in [-0.3, -0.25) is 9.97 Å². The minimum Gasteiger partial charge on any atom is -0.380 e. The van der Waals surface area contributed by atoms with E-state index in [2.05, 4.69) is 71.8 Å². The fourth-order valence-corrected chi connectivity index (χ4v) is 3.14. The maximum Gasteiger partial charge on any atom is 0.0726 e. The third kappa shape index (κ3) is 3.72. The first-order chi connectivity index (χ1) is 12.8. The van der Waals surface area contributed by atoms with Gasteiger partial charge in [0.2, 0.25) is 0 Å². The molecule has 3 nitrogen and oxygen atoms in total. The molecule has 1 N–H and O–H groups in total. The van der Waals surface area contributed by atoms with Crippen LogP contribution in [0.5, 0.6) is 0 Å². The second-order valence-electron chi connectivity index (χ2n) is 6.56. The number of pyridine rings is 2. The molecule has 0 aliphatic carbocycles. The zero-order valence-electron chi connectivity index (χ0n) is 14.8. The molecule has 0 aliphatic heterocycles. The van der Waals surface area contributed by atoms with Gasteiger partial charge >= 0.3 is 0 Å². The molecule has 0 saturated carbocycles. The lowest BCUT2D eigenvalue weighted by Gasteiger charge is -2.13. The normalized spacial score (nSPS) is 10.8. The van der Waals surface area contributed by atoms with E-state index in [-0.39, 0.29) is 0 Å². The number of rotatable bonds is 5. The van der Waals surface area contributed by atoms with Crippen molar-refractivity contribution in [3.8, 4) is 0 Å². The minimum atomic E-state index is 0.775. The van der Waals surface area contributed by atoms with Crippen LogP contribution in [-0.4, -0.2) is 9.97 Å². The first-order valence-electron chi connectivity index (χ1n) is 8.85. The van der Waals surface area contributed by atoms with Crippen LogP contribution >= 0.6 is 0 Å². The van der Waals surface area contributed by atoms with E-state index in [4.69, 9.17) is 4.98 Å². The topological polar surface area (TPSA) is 37.8 Å². The van der Waals surface area contributed by atoms with E-state index >= 15 is 0 Å². The highest BCUT2D eigenvalue weighted by Crippen LogP contribution is 2.26. The van der Waals surface area contributed by atoms with Crippen LogP contribution in [0.2, 0.25) is 0 Å². The molecule has 0 atom stereocenters. The third-order valence-electron chi connectivity index (χ3n) is 4.45. The Morgan fingerprint density at radius 1 is 0.885 bits per heavy atom. The van der Waals surface area contributed by atoms with E-state index in [0.29, 0.717) is 0 Å². The van der Waals surface area contributed by atoms with Gasteiger partial charge in [-0.05, 0) is 42.3 Å². The first-order valence-corrected chi connectivity index (χ1v) is 8.85. The van der Waals surface area contributed by atoms with E-state index in [9.17, 15) is 0 Å². The van der Waals surface area contributed by atoms with Crippen molar-refractivity contribution in [2.75, 3.05) is 5.32 Å². The van der Waals surface area contributed by atoms with Gasteiger partial charge in [0.15, 0.2) is 0 Å². The molecule has 0 fully saturated rings. The molecule has 0 spiro atoms. The summed E-state index contributed by atoms with van der Waals surface area (Å²) < 4.78 is 0. The molecular weight excluding hydrogens is 318 g/mol. The summed E-state index contributed by atoms with van der Waals surface area (Å²) in [5.74, 6) is 0. The number of aromatic nitrogens is 2. The summed E-state index contributed by atoms with van der Waals surface area (Å²) in [5, 5.41) is 4.76. The second-order valence-corrected chi connectivity index (χ2v) is 6.56. The lowest BCUT2D eigenvalue weighted by atomic mass is 10.1. The van der Waals surface area contributed by atoms with Gasteiger partial charge in [-0.15, -0.1) is 0 Å². The SMILES string of the molecule is Cc1ccc2nc(Cc3cccnc3)cc(NCc3ccccc3)c2c1. The van der Waals surface area contributed by atoms with Gasteiger partial charge in [-0.25, -0.2) is 0 Å². The average molecular weight is 339 g/mol. The molecule has 4 rings (SSSR count). The largest absolute Gasteiger partial charge is 0.380 e. The number of nitrogens with zero attached hydrogens (tertiary/aromatic N) is 2. The summed E-state index contributed by atoms with van der Waals surface area (Å²) >= 11 is 0. The number of benzene rings is 2. The first kappa shape index (κ1) is 16.3. The van der Waals surface area contributed by atoms with Gasteiger partial charge < -0.3 is 5.32 Å². The van der Waals surface area contributed by atoms with Crippen molar-refractivity contribution in [1.82, 2.24) is 9.97 Å². The number of aryl methyl sites for hydroxylation is 1. The zero-order chi connectivity index (χ0) is 17.8. The van der Waals surface area contributed by atoms with Crippen molar-refractivity contribution >= 4 is 16.6 Å². The predicted molar refractivity (Wildman–Crippen MR) is 107 cm³/mol. The van der Waals surface area contributed by atoms with Crippen LogP contribution in [0.3, 0.4) is 0 Å². The highest BCUT2D eigenvalue weighted by atomic mass is 14.9. The smallest absolute Gasteiger partial charge is 0.0726 e. The van der Waals surface area contributed by atoms with Crippen LogP contribution < -0.4 is 5.32 Å². The number of anilines is 1. The Bertz CT molecular complexity index is 1010. The quantitative estimate of drug-likeness (QED) is 0.547. The van der Waals surface area contributed by atoms with Crippen molar-refractivity contribution in [3.05, 3.63) is 102 Å². The van der Waals surface area contributed by atoms with E-state index < -0.39 is 0 Å². The molecule has 128 valence electrons. The van der Waals surface area contributed by atoms with Gasteiger partial charge in [0.1, 0.15) is 0 Å². The van der Waals surface area contributed by atoms with Gasteiger partial charge in [0, 0.05) is 42.1 Å². The number of hydrogen-bond donors (Lipinski definition) is 1. The highest BCUT2D eigenvalue weighted by Gasteiger charge is 2.07. The lowest BCUT2D eigenvalue weighted by Crippen LogP contribution is -2.03. The van der Waals surface area contributed by atoms with Crippen molar-refractivity contribution in [2.45, 2.75) is 19.9 Å². The Morgan fingerprint density at radius 2 is 1.73 bits per heavy atom. The molecule has 26 heavy (non-hydrogen) atoms. The van der Waals surface area contributed by atoms with Gasteiger partial charge in [-0.1, -0.05) is 48.0 Å². The summed E-state index contributed by atoms with van der Waals surface area (Å²) in [6, 6.07) is 23.1. The minimum absolute atomic E-state index is 0.775. The van der Waals surface area contributed by atoms with Crippen molar-refractivity contribution < 1.29 is 0 Å². The monoisotopic (exact) mass is 339 g/mol. The molecule has 3 heteroatoms. The summed E-state index contributed by atoms with van der Waals surface area (Å²) in [6.07, 6.45) is 4.47. The molecule has 0 radical (unpaired) electrons. The molecule has 0 unspecified atom stereocenters. The molecule has 0 amide bonds.